The quantitative estimate of drug-likeness (QED) is 0.386. The second-order valence-electron chi connectivity index (χ2n) is 8.88. The van der Waals surface area contributed by atoms with Gasteiger partial charge in [-0.05, 0) is 48.5 Å². The molecule has 0 aliphatic carbocycles. The Balaban J connectivity index is 1.35. The molecule has 2 N–H and O–H groups in total. The van der Waals surface area contributed by atoms with Gasteiger partial charge >= 0.3 is 0 Å². The summed E-state index contributed by atoms with van der Waals surface area (Å²) in [7, 11) is 0. The van der Waals surface area contributed by atoms with Gasteiger partial charge in [0.25, 0.3) is 5.91 Å². The molecule has 0 spiro atoms. The minimum atomic E-state index is -0.101. The van der Waals surface area contributed by atoms with Crippen LogP contribution in [0.2, 0.25) is 5.02 Å². The zero-order valence-corrected chi connectivity index (χ0v) is 21.3. The summed E-state index contributed by atoms with van der Waals surface area (Å²) in [5.74, 6) is 0.600. The van der Waals surface area contributed by atoms with Crippen LogP contribution in [-0.4, -0.2) is 70.9 Å². The summed E-state index contributed by atoms with van der Waals surface area (Å²) < 4.78 is 0. The van der Waals surface area contributed by atoms with E-state index in [0.717, 1.165) is 35.5 Å². The number of aromatic nitrogens is 3. The molecule has 9 nitrogen and oxygen atoms in total. The van der Waals surface area contributed by atoms with Crippen LogP contribution in [0.25, 0.3) is 11.0 Å². The molecular weight excluding hydrogens is 490 g/mol. The summed E-state index contributed by atoms with van der Waals surface area (Å²) in [4.78, 5) is 43.0. The Morgan fingerprint density at radius 3 is 2.59 bits per heavy atom. The third-order valence-electron chi connectivity index (χ3n) is 6.46. The Hall–Kier alpha value is -4.11. The van der Waals surface area contributed by atoms with Crippen LogP contribution in [0.3, 0.4) is 0 Å². The molecule has 0 saturated carbocycles. The van der Waals surface area contributed by atoms with Gasteiger partial charge in [-0.25, -0.2) is 9.97 Å². The largest absolute Gasteiger partial charge is 0.368 e. The summed E-state index contributed by atoms with van der Waals surface area (Å²) in [6.45, 7) is 5.17. The molecule has 1 fully saturated rings. The lowest BCUT2D eigenvalue weighted by Crippen LogP contribution is -2.48. The number of aromatic amines is 1. The molecule has 10 heteroatoms. The lowest BCUT2D eigenvalue weighted by atomic mass is 10.1. The zero-order chi connectivity index (χ0) is 25.8. The molecule has 2 amide bonds. The van der Waals surface area contributed by atoms with Gasteiger partial charge in [0, 0.05) is 74.3 Å². The predicted molar refractivity (Wildman–Crippen MR) is 146 cm³/mol. The van der Waals surface area contributed by atoms with E-state index in [1.807, 2.05) is 70.6 Å². The van der Waals surface area contributed by atoms with Gasteiger partial charge in [0.2, 0.25) is 5.91 Å². The number of carbonyl (C=O) groups is 2. The van der Waals surface area contributed by atoms with Crippen molar-refractivity contribution >= 4 is 51.6 Å². The van der Waals surface area contributed by atoms with Crippen LogP contribution >= 0.6 is 11.6 Å². The summed E-state index contributed by atoms with van der Waals surface area (Å²) in [6.07, 6.45) is 3.33. The summed E-state index contributed by atoms with van der Waals surface area (Å²) >= 11 is 6.02. The van der Waals surface area contributed by atoms with Crippen molar-refractivity contribution in [1.82, 2.24) is 25.2 Å². The fraction of sp³-hybridized carbons (Fsp3) is 0.259. The van der Waals surface area contributed by atoms with Crippen LogP contribution < -0.4 is 15.1 Å². The van der Waals surface area contributed by atoms with Crippen molar-refractivity contribution in [3.05, 3.63) is 77.7 Å². The molecule has 0 radical (unpaired) electrons. The summed E-state index contributed by atoms with van der Waals surface area (Å²) in [6, 6.07) is 17.3. The Morgan fingerprint density at radius 2 is 1.84 bits per heavy atom. The predicted octanol–water partition coefficient (Wildman–Crippen LogP) is 3.85. The lowest BCUT2D eigenvalue weighted by Gasteiger charge is -2.36. The van der Waals surface area contributed by atoms with E-state index >= 15 is 0 Å². The first-order chi connectivity index (χ1) is 18.0. The second-order valence-corrected chi connectivity index (χ2v) is 9.31. The highest BCUT2D eigenvalue weighted by Crippen LogP contribution is 2.30. The smallest absolute Gasteiger partial charge is 0.254 e. The fourth-order valence-corrected chi connectivity index (χ4v) is 4.71. The van der Waals surface area contributed by atoms with E-state index in [0.29, 0.717) is 42.6 Å². The first-order valence-electron chi connectivity index (χ1n) is 12.2. The molecule has 37 heavy (non-hydrogen) atoms. The number of nitrogens with zero attached hydrogens (tertiary/aromatic N) is 5. The standard InChI is InChI=1S/C27H28ClN7O2/c1-19(36)29-11-12-35(26-24-9-10-30-25(24)31-18-32-26)23-4-2-3-20(17-23)27(37)34-15-13-33(14-16-34)22-7-5-21(28)6-8-22/h2-10,17-18H,11-16H2,1H3,(H,29,36)(H,30,31,32). The maximum atomic E-state index is 13.5. The van der Waals surface area contributed by atoms with Crippen molar-refractivity contribution in [1.29, 1.82) is 0 Å². The number of halogens is 1. The molecule has 1 aliphatic rings. The average molecular weight is 518 g/mol. The van der Waals surface area contributed by atoms with Crippen LogP contribution in [0.15, 0.2) is 67.1 Å². The number of anilines is 3. The Bertz CT molecular complexity index is 1400. The number of benzene rings is 2. The van der Waals surface area contributed by atoms with Crippen molar-refractivity contribution in [2.75, 3.05) is 49.1 Å². The number of fused-ring (bicyclic) bond motifs is 1. The maximum Gasteiger partial charge on any atom is 0.254 e. The number of carbonyl (C=O) groups excluding carboxylic acids is 2. The first-order valence-corrected chi connectivity index (χ1v) is 12.6. The van der Waals surface area contributed by atoms with Crippen molar-refractivity contribution in [2.24, 2.45) is 0 Å². The Kier molecular flexibility index (Phi) is 7.23. The zero-order valence-electron chi connectivity index (χ0n) is 20.5. The van der Waals surface area contributed by atoms with Crippen LogP contribution in [-0.2, 0) is 4.79 Å². The van der Waals surface area contributed by atoms with Gasteiger partial charge in [0.05, 0.1) is 5.39 Å². The van der Waals surface area contributed by atoms with E-state index < -0.39 is 0 Å². The third kappa shape index (κ3) is 5.51. The van der Waals surface area contributed by atoms with Gasteiger partial charge in [0.1, 0.15) is 17.8 Å². The molecular formula is C27H28ClN7O2. The van der Waals surface area contributed by atoms with Crippen molar-refractivity contribution in [3.63, 3.8) is 0 Å². The molecule has 0 atom stereocenters. The SMILES string of the molecule is CC(=O)NCCN(c1cccc(C(=O)N2CCN(c3ccc(Cl)cc3)CC2)c1)c1ncnc2[nH]ccc12. The molecule has 1 saturated heterocycles. The monoisotopic (exact) mass is 517 g/mol. The van der Waals surface area contributed by atoms with Gasteiger partial charge in [0.15, 0.2) is 0 Å². The van der Waals surface area contributed by atoms with Crippen LogP contribution in [0.4, 0.5) is 17.2 Å². The van der Waals surface area contributed by atoms with Gasteiger partial charge in [-0.1, -0.05) is 17.7 Å². The molecule has 2 aromatic heterocycles. The third-order valence-corrected chi connectivity index (χ3v) is 6.71. The topological polar surface area (TPSA) is 97.5 Å². The van der Waals surface area contributed by atoms with E-state index in [1.54, 1.807) is 0 Å². The molecule has 1 aliphatic heterocycles. The lowest BCUT2D eigenvalue weighted by molar-refractivity contribution is -0.118. The number of piperazine rings is 1. The van der Waals surface area contributed by atoms with Crippen molar-refractivity contribution in [3.8, 4) is 0 Å². The number of H-pyrrole nitrogens is 1. The second kappa shape index (κ2) is 10.9. The summed E-state index contributed by atoms with van der Waals surface area (Å²) in [5.41, 5.74) is 3.26. The number of nitrogens with one attached hydrogen (secondary N) is 2. The minimum absolute atomic E-state index is 0.00565. The highest BCUT2D eigenvalue weighted by Gasteiger charge is 2.24. The summed E-state index contributed by atoms with van der Waals surface area (Å²) in [5, 5.41) is 4.42. The molecule has 5 rings (SSSR count). The highest BCUT2D eigenvalue weighted by molar-refractivity contribution is 6.30. The van der Waals surface area contributed by atoms with Gasteiger partial charge < -0.3 is 25.0 Å². The minimum Gasteiger partial charge on any atom is -0.368 e. The van der Waals surface area contributed by atoms with E-state index in [-0.39, 0.29) is 11.8 Å². The van der Waals surface area contributed by atoms with Crippen LogP contribution in [0, 0.1) is 0 Å². The normalized spacial score (nSPS) is 13.6. The number of rotatable bonds is 7. The van der Waals surface area contributed by atoms with E-state index in [2.05, 4.69) is 25.2 Å². The van der Waals surface area contributed by atoms with Crippen molar-refractivity contribution in [2.45, 2.75) is 6.92 Å². The van der Waals surface area contributed by atoms with E-state index in [1.165, 1.54) is 13.3 Å². The Labute approximate surface area is 220 Å². The molecule has 190 valence electrons. The number of amides is 2. The van der Waals surface area contributed by atoms with Gasteiger partial charge in [-0.15, -0.1) is 0 Å². The Morgan fingerprint density at radius 1 is 1.05 bits per heavy atom. The highest BCUT2D eigenvalue weighted by atomic mass is 35.5. The van der Waals surface area contributed by atoms with Crippen LogP contribution in [0.5, 0.6) is 0 Å². The van der Waals surface area contributed by atoms with Crippen molar-refractivity contribution < 1.29 is 9.59 Å². The number of hydrogen-bond acceptors (Lipinski definition) is 6. The number of hydrogen-bond donors (Lipinski definition) is 2. The van der Waals surface area contributed by atoms with Gasteiger partial charge in [-0.3, -0.25) is 9.59 Å². The molecule has 4 aromatic rings. The van der Waals surface area contributed by atoms with E-state index in [9.17, 15) is 9.59 Å². The average Bonchev–Trinajstić information content (AvgIpc) is 3.41. The molecule has 3 heterocycles. The molecule has 0 bridgehead atoms. The van der Waals surface area contributed by atoms with Gasteiger partial charge in [-0.2, -0.15) is 0 Å². The molecule has 0 unspecified atom stereocenters. The van der Waals surface area contributed by atoms with Crippen LogP contribution in [0.1, 0.15) is 17.3 Å². The molecule has 2 aromatic carbocycles. The fourth-order valence-electron chi connectivity index (χ4n) is 4.58. The maximum absolute atomic E-state index is 13.5. The first kappa shape index (κ1) is 24.6. The van der Waals surface area contributed by atoms with E-state index in [4.69, 9.17) is 11.6 Å².